The number of aromatic nitrogens is 2. The van der Waals surface area contributed by atoms with Gasteiger partial charge < -0.3 is 18.0 Å². The maximum atomic E-state index is 6.68. The quantitative estimate of drug-likeness (QED) is 0.188. The van der Waals surface area contributed by atoms with Crippen LogP contribution in [0.5, 0.6) is 0 Å². The van der Waals surface area contributed by atoms with Crippen molar-refractivity contribution in [2.75, 3.05) is 0 Å². The minimum absolute atomic E-state index is 0.871. The van der Waals surface area contributed by atoms with E-state index < -0.39 is 0 Å². The first-order chi connectivity index (χ1) is 25.8. The Hall–Kier alpha value is -7.04. The topological polar surface area (TPSA) is 36.1 Å². The van der Waals surface area contributed by atoms with Gasteiger partial charge in [0, 0.05) is 48.8 Å². The molecule has 0 amide bonds. The molecule has 8 aromatic carbocycles. The van der Waals surface area contributed by atoms with E-state index in [1.54, 1.807) is 0 Å². The number of furan rings is 2. The van der Waals surface area contributed by atoms with E-state index in [0.717, 1.165) is 77.4 Å². The van der Waals surface area contributed by atoms with Crippen LogP contribution < -0.4 is 0 Å². The number of benzene rings is 8. The van der Waals surface area contributed by atoms with Gasteiger partial charge >= 0.3 is 0 Å². The van der Waals surface area contributed by atoms with Gasteiger partial charge in [-0.2, -0.15) is 0 Å². The summed E-state index contributed by atoms with van der Waals surface area (Å²) < 4.78 is 17.9. The third kappa shape index (κ3) is 3.75. The van der Waals surface area contributed by atoms with E-state index in [9.17, 15) is 0 Å². The standard InChI is InChI=1S/C48H28N2O2/c1-6-16-40-32(11-1)33-12-2-7-17-41(33)49(40)31-22-24-47-38(28-31)37-25-29(21-23-46(37)51-47)30-26-39-36-15-5-10-20-45(36)52-48(39)44(27-30)50-42-18-8-3-13-34(42)35-14-4-9-19-43(35)50/h1-28H. The summed E-state index contributed by atoms with van der Waals surface area (Å²) in [7, 11) is 0. The molecule has 4 nitrogen and oxygen atoms in total. The second-order valence-electron chi connectivity index (χ2n) is 13.7. The van der Waals surface area contributed by atoms with Gasteiger partial charge in [0.25, 0.3) is 0 Å². The Morgan fingerprint density at radius 1 is 0.308 bits per heavy atom. The number of fused-ring (bicyclic) bond motifs is 12. The molecule has 0 saturated heterocycles. The first kappa shape index (κ1) is 27.7. The predicted molar refractivity (Wildman–Crippen MR) is 215 cm³/mol. The first-order valence-corrected chi connectivity index (χ1v) is 17.7. The molecule has 4 heteroatoms. The predicted octanol–water partition coefficient (Wildman–Crippen LogP) is 13.3. The molecule has 0 atom stereocenters. The Bertz CT molecular complexity index is 3320. The fourth-order valence-electron chi connectivity index (χ4n) is 8.61. The van der Waals surface area contributed by atoms with Crippen LogP contribution in [-0.2, 0) is 0 Å². The lowest BCUT2D eigenvalue weighted by Crippen LogP contribution is -1.95. The highest BCUT2D eigenvalue weighted by Gasteiger charge is 2.20. The van der Waals surface area contributed by atoms with Gasteiger partial charge in [-0.05, 0) is 83.9 Å². The lowest BCUT2D eigenvalue weighted by Gasteiger charge is -2.12. The van der Waals surface area contributed by atoms with E-state index in [-0.39, 0.29) is 0 Å². The van der Waals surface area contributed by atoms with E-state index in [0.29, 0.717) is 0 Å². The number of rotatable bonds is 3. The van der Waals surface area contributed by atoms with Crippen LogP contribution in [0.4, 0.5) is 0 Å². The molecule has 52 heavy (non-hydrogen) atoms. The van der Waals surface area contributed by atoms with Gasteiger partial charge in [0.15, 0.2) is 5.58 Å². The molecule has 4 heterocycles. The number of hydrogen-bond acceptors (Lipinski definition) is 2. The SMILES string of the molecule is c1ccc2c(c1)oc1c(-n3c4ccccc4c4ccccc43)cc(-c3ccc4oc5ccc(-n6c7ccccc7c7ccccc76)cc5c4c3)cc12. The number of nitrogens with zero attached hydrogens (tertiary/aromatic N) is 2. The summed E-state index contributed by atoms with van der Waals surface area (Å²) >= 11 is 0. The van der Waals surface area contributed by atoms with Gasteiger partial charge in [-0.1, -0.05) is 97.1 Å². The Morgan fingerprint density at radius 3 is 1.42 bits per heavy atom. The maximum Gasteiger partial charge on any atom is 0.159 e. The van der Waals surface area contributed by atoms with Crippen molar-refractivity contribution in [3.05, 3.63) is 170 Å². The van der Waals surface area contributed by atoms with Crippen LogP contribution in [0.3, 0.4) is 0 Å². The van der Waals surface area contributed by atoms with Gasteiger partial charge in [-0.3, -0.25) is 0 Å². The Morgan fingerprint density at radius 2 is 0.788 bits per heavy atom. The molecule has 12 aromatic rings. The van der Waals surface area contributed by atoms with Crippen molar-refractivity contribution in [2.45, 2.75) is 0 Å². The average molecular weight is 665 g/mol. The molecule has 0 spiro atoms. The molecular formula is C48H28N2O2. The minimum Gasteiger partial charge on any atom is -0.456 e. The smallest absolute Gasteiger partial charge is 0.159 e. The van der Waals surface area contributed by atoms with Crippen LogP contribution in [0, 0.1) is 0 Å². The highest BCUT2D eigenvalue weighted by atomic mass is 16.3. The van der Waals surface area contributed by atoms with E-state index in [1.807, 2.05) is 6.07 Å². The van der Waals surface area contributed by atoms with Crippen molar-refractivity contribution < 1.29 is 8.83 Å². The second-order valence-corrected chi connectivity index (χ2v) is 13.7. The van der Waals surface area contributed by atoms with E-state index in [1.165, 1.54) is 32.6 Å². The molecule has 0 aliphatic rings. The molecule has 0 unspecified atom stereocenters. The molecule has 0 saturated carbocycles. The zero-order valence-corrected chi connectivity index (χ0v) is 27.9. The van der Waals surface area contributed by atoms with Crippen molar-refractivity contribution in [3.8, 4) is 22.5 Å². The Balaban J connectivity index is 1.12. The van der Waals surface area contributed by atoms with Crippen LogP contribution >= 0.6 is 0 Å². The van der Waals surface area contributed by atoms with Crippen molar-refractivity contribution in [1.82, 2.24) is 9.13 Å². The van der Waals surface area contributed by atoms with E-state index >= 15 is 0 Å². The van der Waals surface area contributed by atoms with Crippen molar-refractivity contribution in [3.63, 3.8) is 0 Å². The lowest BCUT2D eigenvalue weighted by atomic mass is 9.99. The van der Waals surface area contributed by atoms with Crippen LogP contribution in [0.25, 0.3) is 110 Å². The molecule has 0 aliphatic heterocycles. The molecule has 12 rings (SSSR count). The first-order valence-electron chi connectivity index (χ1n) is 17.7. The Labute approximate surface area is 296 Å². The average Bonchev–Trinajstić information content (AvgIpc) is 3.95. The summed E-state index contributed by atoms with van der Waals surface area (Å²) in [6, 6.07) is 60.6. The van der Waals surface area contributed by atoms with Crippen LogP contribution in [0.1, 0.15) is 0 Å². The fourth-order valence-corrected chi connectivity index (χ4v) is 8.61. The largest absolute Gasteiger partial charge is 0.456 e. The molecule has 0 bridgehead atoms. The molecule has 0 aliphatic carbocycles. The van der Waals surface area contributed by atoms with E-state index in [2.05, 4.69) is 173 Å². The van der Waals surface area contributed by atoms with Gasteiger partial charge in [-0.15, -0.1) is 0 Å². The second kappa shape index (κ2) is 10.3. The van der Waals surface area contributed by atoms with Gasteiger partial charge in [0.2, 0.25) is 0 Å². The molecule has 4 aromatic heterocycles. The van der Waals surface area contributed by atoms with Crippen molar-refractivity contribution >= 4 is 87.5 Å². The highest BCUT2D eigenvalue weighted by molar-refractivity contribution is 6.15. The summed E-state index contributed by atoms with van der Waals surface area (Å²) in [6.45, 7) is 0. The normalized spacial score (nSPS) is 12.2. The number of para-hydroxylation sites is 5. The van der Waals surface area contributed by atoms with Gasteiger partial charge in [0.1, 0.15) is 16.7 Å². The maximum absolute atomic E-state index is 6.68. The summed E-state index contributed by atoms with van der Waals surface area (Å²) in [4.78, 5) is 0. The molecule has 0 fully saturated rings. The summed E-state index contributed by atoms with van der Waals surface area (Å²) in [5.74, 6) is 0. The highest BCUT2D eigenvalue weighted by Crippen LogP contribution is 2.42. The van der Waals surface area contributed by atoms with Crippen LogP contribution in [0.15, 0.2) is 179 Å². The van der Waals surface area contributed by atoms with Crippen LogP contribution in [-0.4, -0.2) is 9.13 Å². The molecule has 242 valence electrons. The zero-order chi connectivity index (χ0) is 33.9. The lowest BCUT2D eigenvalue weighted by molar-refractivity contribution is 0.666. The van der Waals surface area contributed by atoms with Crippen molar-refractivity contribution in [2.24, 2.45) is 0 Å². The molecular weight excluding hydrogens is 637 g/mol. The molecule has 0 radical (unpaired) electrons. The Kier molecular flexibility index (Phi) is 5.47. The molecule has 0 N–H and O–H groups in total. The van der Waals surface area contributed by atoms with Crippen LogP contribution in [0.2, 0.25) is 0 Å². The number of hydrogen-bond donors (Lipinski definition) is 0. The summed E-state index contributed by atoms with van der Waals surface area (Å²) in [5.41, 5.74) is 12.5. The summed E-state index contributed by atoms with van der Waals surface area (Å²) in [5, 5.41) is 9.32. The zero-order valence-electron chi connectivity index (χ0n) is 27.9. The third-order valence-corrected chi connectivity index (χ3v) is 10.9. The van der Waals surface area contributed by atoms with Gasteiger partial charge in [-0.25, -0.2) is 0 Å². The monoisotopic (exact) mass is 664 g/mol. The minimum atomic E-state index is 0.871. The summed E-state index contributed by atoms with van der Waals surface area (Å²) in [6.07, 6.45) is 0. The fraction of sp³-hybridized carbons (Fsp3) is 0. The van der Waals surface area contributed by atoms with Gasteiger partial charge in [0.05, 0.1) is 27.8 Å². The third-order valence-electron chi connectivity index (χ3n) is 10.9. The van der Waals surface area contributed by atoms with Crippen molar-refractivity contribution in [1.29, 1.82) is 0 Å². The van der Waals surface area contributed by atoms with E-state index in [4.69, 9.17) is 8.83 Å².